The fourth-order valence-corrected chi connectivity index (χ4v) is 2.41. The second-order valence-electron chi connectivity index (χ2n) is 5.78. The number of rotatable bonds is 6. The number of halogens is 3. The molecule has 0 radical (unpaired) electrons. The standard InChI is InChI=1S/C13H26F3N3/c1-11(8-17-10-13(14,15)16)19(3)9-12-4-6-18(2)7-5-12/h11-12,17H,4-10H2,1-3H3. The third kappa shape index (κ3) is 7.13. The third-order valence-corrected chi connectivity index (χ3v) is 3.90. The van der Waals surface area contributed by atoms with Gasteiger partial charge in [-0.25, -0.2) is 0 Å². The second-order valence-corrected chi connectivity index (χ2v) is 5.78. The molecular weight excluding hydrogens is 255 g/mol. The SMILES string of the molecule is CC(CNCC(F)(F)F)N(C)CC1CCN(C)CC1. The number of alkyl halides is 3. The van der Waals surface area contributed by atoms with Crippen LogP contribution in [0.5, 0.6) is 0 Å². The summed E-state index contributed by atoms with van der Waals surface area (Å²) >= 11 is 0. The van der Waals surface area contributed by atoms with Gasteiger partial charge in [0.2, 0.25) is 0 Å². The molecule has 0 aliphatic carbocycles. The zero-order valence-corrected chi connectivity index (χ0v) is 12.1. The van der Waals surface area contributed by atoms with Crippen molar-refractivity contribution in [1.82, 2.24) is 15.1 Å². The molecule has 0 amide bonds. The maximum absolute atomic E-state index is 12.0. The van der Waals surface area contributed by atoms with Crippen LogP contribution in [0.3, 0.4) is 0 Å². The zero-order valence-electron chi connectivity index (χ0n) is 12.1. The summed E-state index contributed by atoms with van der Waals surface area (Å²) in [6.07, 6.45) is -1.75. The molecule has 1 saturated heterocycles. The average Bonchev–Trinajstić information content (AvgIpc) is 2.30. The molecule has 0 aromatic rings. The minimum atomic E-state index is -4.12. The van der Waals surface area contributed by atoms with Gasteiger partial charge in [-0.05, 0) is 52.9 Å². The Kier molecular flexibility index (Phi) is 6.56. The lowest BCUT2D eigenvalue weighted by Crippen LogP contribution is -2.44. The molecule has 0 saturated carbocycles. The summed E-state index contributed by atoms with van der Waals surface area (Å²) in [7, 11) is 4.13. The van der Waals surface area contributed by atoms with Crippen LogP contribution in [0.2, 0.25) is 0 Å². The number of likely N-dealkylation sites (N-methyl/N-ethyl adjacent to an activating group) is 1. The Labute approximate surface area is 114 Å². The van der Waals surface area contributed by atoms with Crippen LogP contribution in [-0.4, -0.2) is 68.8 Å². The van der Waals surface area contributed by atoms with Crippen LogP contribution in [-0.2, 0) is 0 Å². The lowest BCUT2D eigenvalue weighted by atomic mass is 9.96. The van der Waals surface area contributed by atoms with Gasteiger partial charge in [-0.3, -0.25) is 0 Å². The van der Waals surface area contributed by atoms with E-state index in [-0.39, 0.29) is 6.04 Å². The van der Waals surface area contributed by atoms with E-state index < -0.39 is 12.7 Å². The summed E-state index contributed by atoms with van der Waals surface area (Å²) in [6, 6.07) is 0.127. The monoisotopic (exact) mass is 281 g/mol. The summed E-state index contributed by atoms with van der Waals surface area (Å²) in [5, 5.41) is 2.48. The van der Waals surface area contributed by atoms with Crippen molar-refractivity contribution in [3.8, 4) is 0 Å². The number of likely N-dealkylation sites (tertiary alicyclic amines) is 1. The number of nitrogens with zero attached hydrogens (tertiary/aromatic N) is 2. The van der Waals surface area contributed by atoms with Gasteiger partial charge in [0, 0.05) is 19.1 Å². The van der Waals surface area contributed by atoms with Crippen molar-refractivity contribution in [2.75, 3.05) is 46.8 Å². The van der Waals surface area contributed by atoms with E-state index in [9.17, 15) is 13.2 Å². The van der Waals surface area contributed by atoms with Crippen molar-refractivity contribution in [3.05, 3.63) is 0 Å². The van der Waals surface area contributed by atoms with Crippen molar-refractivity contribution in [2.45, 2.75) is 32.0 Å². The molecule has 0 aromatic heterocycles. The number of piperidine rings is 1. The summed E-state index contributed by atoms with van der Waals surface area (Å²) in [6.45, 7) is 4.67. The molecule has 1 N–H and O–H groups in total. The molecule has 1 aliphatic heterocycles. The van der Waals surface area contributed by atoms with Gasteiger partial charge in [0.1, 0.15) is 0 Å². The van der Waals surface area contributed by atoms with Crippen LogP contribution >= 0.6 is 0 Å². The minimum Gasteiger partial charge on any atom is -0.307 e. The van der Waals surface area contributed by atoms with E-state index in [0.717, 1.165) is 19.6 Å². The predicted octanol–water partition coefficient (Wildman–Crippen LogP) is 1.80. The lowest BCUT2D eigenvalue weighted by molar-refractivity contribution is -0.125. The molecule has 3 nitrogen and oxygen atoms in total. The Morgan fingerprint density at radius 3 is 2.42 bits per heavy atom. The maximum Gasteiger partial charge on any atom is 0.401 e. The highest BCUT2D eigenvalue weighted by Crippen LogP contribution is 2.17. The van der Waals surface area contributed by atoms with Crippen LogP contribution in [0.25, 0.3) is 0 Å². The topological polar surface area (TPSA) is 18.5 Å². The summed E-state index contributed by atoms with van der Waals surface area (Å²) < 4.78 is 36.1. The highest BCUT2D eigenvalue weighted by atomic mass is 19.4. The van der Waals surface area contributed by atoms with E-state index >= 15 is 0 Å². The number of hydrogen-bond acceptors (Lipinski definition) is 3. The molecule has 1 aliphatic rings. The van der Waals surface area contributed by atoms with Crippen LogP contribution < -0.4 is 5.32 Å². The van der Waals surface area contributed by atoms with Gasteiger partial charge in [-0.15, -0.1) is 0 Å². The van der Waals surface area contributed by atoms with Crippen molar-refractivity contribution in [2.24, 2.45) is 5.92 Å². The highest BCUT2D eigenvalue weighted by molar-refractivity contribution is 4.75. The average molecular weight is 281 g/mol. The first-order chi connectivity index (χ1) is 8.78. The molecule has 1 unspecified atom stereocenters. The molecule has 1 atom stereocenters. The molecule has 19 heavy (non-hydrogen) atoms. The van der Waals surface area contributed by atoms with Crippen LogP contribution in [0.4, 0.5) is 13.2 Å². The first kappa shape index (κ1) is 16.7. The van der Waals surface area contributed by atoms with E-state index in [0.29, 0.717) is 12.5 Å². The first-order valence-corrected chi connectivity index (χ1v) is 6.94. The molecular formula is C13H26F3N3. The fourth-order valence-electron chi connectivity index (χ4n) is 2.41. The van der Waals surface area contributed by atoms with Crippen molar-refractivity contribution < 1.29 is 13.2 Å². The Hall–Kier alpha value is -0.330. The van der Waals surface area contributed by atoms with Crippen molar-refractivity contribution in [1.29, 1.82) is 0 Å². The van der Waals surface area contributed by atoms with Gasteiger partial charge in [0.15, 0.2) is 0 Å². The van der Waals surface area contributed by atoms with Gasteiger partial charge < -0.3 is 15.1 Å². The van der Waals surface area contributed by atoms with Crippen molar-refractivity contribution >= 4 is 0 Å². The normalized spacial score (nSPS) is 21.0. The summed E-state index contributed by atoms with van der Waals surface area (Å²) in [5.74, 6) is 0.672. The number of hydrogen-bond donors (Lipinski definition) is 1. The van der Waals surface area contributed by atoms with E-state index in [2.05, 4.69) is 22.2 Å². The van der Waals surface area contributed by atoms with E-state index in [1.165, 1.54) is 12.8 Å². The summed E-state index contributed by atoms with van der Waals surface area (Å²) in [4.78, 5) is 4.49. The Morgan fingerprint density at radius 1 is 1.32 bits per heavy atom. The van der Waals surface area contributed by atoms with Gasteiger partial charge in [0.05, 0.1) is 6.54 Å². The maximum atomic E-state index is 12.0. The fraction of sp³-hybridized carbons (Fsp3) is 1.00. The third-order valence-electron chi connectivity index (χ3n) is 3.90. The largest absolute Gasteiger partial charge is 0.401 e. The van der Waals surface area contributed by atoms with Crippen LogP contribution in [0.1, 0.15) is 19.8 Å². The van der Waals surface area contributed by atoms with E-state index in [4.69, 9.17) is 0 Å². The smallest absolute Gasteiger partial charge is 0.307 e. The van der Waals surface area contributed by atoms with E-state index in [1.807, 2.05) is 14.0 Å². The molecule has 114 valence electrons. The van der Waals surface area contributed by atoms with Gasteiger partial charge in [0.25, 0.3) is 0 Å². The molecule has 1 rings (SSSR count). The van der Waals surface area contributed by atoms with Crippen LogP contribution in [0.15, 0.2) is 0 Å². The molecule has 0 spiro atoms. The molecule has 0 aromatic carbocycles. The summed E-state index contributed by atoms with van der Waals surface area (Å²) in [5.41, 5.74) is 0. The van der Waals surface area contributed by atoms with Gasteiger partial charge in [-0.2, -0.15) is 13.2 Å². The lowest BCUT2D eigenvalue weighted by Gasteiger charge is -2.34. The Bertz CT molecular complexity index is 250. The zero-order chi connectivity index (χ0) is 14.5. The van der Waals surface area contributed by atoms with Crippen LogP contribution in [0, 0.1) is 5.92 Å². The highest BCUT2D eigenvalue weighted by Gasteiger charge is 2.27. The predicted molar refractivity (Wildman–Crippen MR) is 71.2 cm³/mol. The molecule has 0 bridgehead atoms. The minimum absolute atomic E-state index is 0.127. The second kappa shape index (κ2) is 7.45. The van der Waals surface area contributed by atoms with Crippen molar-refractivity contribution in [3.63, 3.8) is 0 Å². The molecule has 1 fully saturated rings. The quantitative estimate of drug-likeness (QED) is 0.801. The first-order valence-electron chi connectivity index (χ1n) is 6.94. The Balaban J connectivity index is 2.19. The van der Waals surface area contributed by atoms with Gasteiger partial charge in [-0.1, -0.05) is 0 Å². The Morgan fingerprint density at radius 2 is 1.89 bits per heavy atom. The molecule has 1 heterocycles. The number of nitrogens with one attached hydrogen (secondary N) is 1. The molecule has 6 heteroatoms. The van der Waals surface area contributed by atoms with E-state index in [1.54, 1.807) is 0 Å². The van der Waals surface area contributed by atoms with Gasteiger partial charge >= 0.3 is 6.18 Å².